The fraction of sp³-hybridized carbons (Fsp3) is 0.417. The van der Waals surface area contributed by atoms with Crippen LogP contribution in [0.4, 0.5) is 5.69 Å². The van der Waals surface area contributed by atoms with Gasteiger partial charge in [-0.15, -0.1) is 0 Å². The second-order valence-corrected chi connectivity index (χ2v) is 6.37. The van der Waals surface area contributed by atoms with Gasteiger partial charge in [-0.05, 0) is 26.3 Å². The van der Waals surface area contributed by atoms with Gasteiger partial charge in [0.25, 0.3) is 5.69 Å². The molecule has 0 saturated carbocycles. The summed E-state index contributed by atoms with van der Waals surface area (Å²) in [6.45, 7) is 4.53. The highest BCUT2D eigenvalue weighted by Crippen LogP contribution is 2.25. The van der Waals surface area contributed by atoms with Gasteiger partial charge in [0.1, 0.15) is 6.54 Å². The lowest BCUT2D eigenvalue weighted by molar-refractivity contribution is -0.385. The molecule has 0 radical (unpaired) electrons. The monoisotopic (exact) mass is 297 g/mol. The molecule has 0 aliphatic rings. The molecule has 7 nitrogen and oxygen atoms in total. The Kier molecular flexibility index (Phi) is 4.81. The van der Waals surface area contributed by atoms with E-state index in [1.54, 1.807) is 26.8 Å². The van der Waals surface area contributed by atoms with Gasteiger partial charge in [0.15, 0.2) is 0 Å². The highest BCUT2D eigenvalue weighted by atomic mass is 32.2. The topological polar surface area (TPSA) is 104 Å². The molecule has 0 heterocycles. The molecule has 0 aliphatic heterocycles. The van der Waals surface area contributed by atoms with Crippen LogP contribution in [-0.4, -0.2) is 30.2 Å². The van der Waals surface area contributed by atoms with Crippen molar-refractivity contribution in [3.63, 3.8) is 0 Å². The summed E-state index contributed by atoms with van der Waals surface area (Å²) in [5.41, 5.74) is 0.106. The number of sulfonamides is 1. The van der Waals surface area contributed by atoms with Gasteiger partial charge in [0.05, 0.1) is 15.9 Å². The molecule has 0 fully saturated rings. The Morgan fingerprint density at radius 1 is 1.45 bits per heavy atom. The van der Waals surface area contributed by atoms with Gasteiger partial charge in [-0.25, -0.2) is 8.42 Å². The predicted octanol–water partition coefficient (Wildman–Crippen LogP) is 1.83. The van der Waals surface area contributed by atoms with Crippen LogP contribution in [0.5, 0.6) is 0 Å². The van der Waals surface area contributed by atoms with Crippen LogP contribution < -0.4 is 0 Å². The largest absolute Gasteiger partial charge is 0.270 e. The van der Waals surface area contributed by atoms with Gasteiger partial charge in [0.2, 0.25) is 10.0 Å². The number of nitrogens with zero attached hydrogens (tertiary/aromatic N) is 3. The lowest BCUT2D eigenvalue weighted by Gasteiger charge is -2.23. The summed E-state index contributed by atoms with van der Waals surface area (Å²) in [6.07, 6.45) is 0. The quantitative estimate of drug-likeness (QED) is 0.468. The third kappa shape index (κ3) is 3.12. The van der Waals surface area contributed by atoms with Crippen LogP contribution in [0, 0.1) is 28.4 Å². The minimum absolute atomic E-state index is 0.143. The Bertz CT molecular complexity index is 662. The number of hydrogen-bond acceptors (Lipinski definition) is 5. The number of nitriles is 1. The molecule has 0 atom stereocenters. The van der Waals surface area contributed by atoms with Gasteiger partial charge in [-0.2, -0.15) is 9.57 Å². The van der Waals surface area contributed by atoms with Crippen molar-refractivity contribution < 1.29 is 13.3 Å². The molecule has 8 heteroatoms. The van der Waals surface area contributed by atoms with Crippen molar-refractivity contribution in [2.45, 2.75) is 31.7 Å². The van der Waals surface area contributed by atoms with Crippen molar-refractivity contribution in [3.05, 3.63) is 33.9 Å². The predicted molar refractivity (Wildman–Crippen MR) is 72.5 cm³/mol. The van der Waals surface area contributed by atoms with Gasteiger partial charge in [0, 0.05) is 18.2 Å². The summed E-state index contributed by atoms with van der Waals surface area (Å²) in [5.74, 6) is 0. The van der Waals surface area contributed by atoms with Crippen molar-refractivity contribution in [2.24, 2.45) is 0 Å². The number of aryl methyl sites for hydroxylation is 1. The summed E-state index contributed by atoms with van der Waals surface area (Å²) >= 11 is 0. The number of hydrogen-bond donors (Lipinski definition) is 0. The molecule has 0 N–H and O–H groups in total. The zero-order valence-electron chi connectivity index (χ0n) is 11.4. The highest BCUT2D eigenvalue weighted by Gasteiger charge is 2.29. The third-order valence-corrected chi connectivity index (χ3v) is 4.94. The minimum Gasteiger partial charge on any atom is -0.258 e. The molecule has 1 rings (SSSR count). The minimum atomic E-state index is -3.94. The summed E-state index contributed by atoms with van der Waals surface area (Å²) in [6, 6.07) is 5.03. The third-order valence-electron chi connectivity index (χ3n) is 2.77. The van der Waals surface area contributed by atoms with Crippen LogP contribution >= 0.6 is 0 Å². The van der Waals surface area contributed by atoms with Crippen LogP contribution in [0.2, 0.25) is 0 Å². The number of non-ortho nitro benzene ring substituents is 1. The Morgan fingerprint density at radius 3 is 2.50 bits per heavy atom. The van der Waals surface area contributed by atoms with Crippen LogP contribution in [0.3, 0.4) is 0 Å². The molecular formula is C12H15N3O4S. The summed E-state index contributed by atoms with van der Waals surface area (Å²) in [7, 11) is -3.94. The average Bonchev–Trinajstić information content (AvgIpc) is 2.35. The highest BCUT2D eigenvalue weighted by molar-refractivity contribution is 7.89. The standard InChI is InChI=1S/C12H15N3O4S/c1-9(2)14(7-6-13)20(18,19)12-8-11(15(16)17)5-4-10(12)3/h4-5,8-9H,7H2,1-3H3. The molecule has 0 aromatic heterocycles. The van der Waals surface area contributed by atoms with Crippen molar-refractivity contribution in [2.75, 3.05) is 6.54 Å². The molecule has 0 amide bonds. The fourth-order valence-electron chi connectivity index (χ4n) is 1.72. The average molecular weight is 297 g/mol. The van der Waals surface area contributed by atoms with Crippen LogP contribution in [0.1, 0.15) is 19.4 Å². The second kappa shape index (κ2) is 5.98. The van der Waals surface area contributed by atoms with Crippen molar-refractivity contribution in [1.82, 2.24) is 4.31 Å². The van der Waals surface area contributed by atoms with Crippen molar-refractivity contribution in [3.8, 4) is 6.07 Å². The maximum absolute atomic E-state index is 12.5. The molecule has 108 valence electrons. The summed E-state index contributed by atoms with van der Waals surface area (Å²) < 4.78 is 26.0. The summed E-state index contributed by atoms with van der Waals surface area (Å²) in [4.78, 5) is 9.97. The molecular weight excluding hydrogens is 282 g/mol. The Labute approximate surface area is 117 Å². The van der Waals surface area contributed by atoms with Crippen LogP contribution in [0.25, 0.3) is 0 Å². The molecule has 0 unspecified atom stereocenters. The van der Waals surface area contributed by atoms with Gasteiger partial charge in [-0.1, -0.05) is 6.07 Å². The first-order valence-corrected chi connectivity index (χ1v) is 7.29. The molecule has 1 aromatic carbocycles. The SMILES string of the molecule is Cc1ccc([N+](=O)[O-])cc1S(=O)(=O)N(CC#N)C(C)C. The number of rotatable bonds is 5. The first kappa shape index (κ1) is 16.1. The Hall–Kier alpha value is -1.98. The van der Waals surface area contributed by atoms with E-state index in [0.717, 1.165) is 10.4 Å². The smallest absolute Gasteiger partial charge is 0.258 e. The van der Waals surface area contributed by atoms with Gasteiger partial charge in [-0.3, -0.25) is 10.1 Å². The zero-order valence-corrected chi connectivity index (χ0v) is 12.2. The molecule has 0 saturated heterocycles. The molecule has 0 bridgehead atoms. The number of benzene rings is 1. The van der Waals surface area contributed by atoms with E-state index < -0.39 is 21.0 Å². The van der Waals surface area contributed by atoms with E-state index in [1.807, 2.05) is 0 Å². The van der Waals surface area contributed by atoms with E-state index in [0.29, 0.717) is 5.56 Å². The zero-order chi connectivity index (χ0) is 15.5. The molecule has 0 spiro atoms. The Balaban J connectivity index is 3.45. The Morgan fingerprint density at radius 2 is 2.05 bits per heavy atom. The second-order valence-electron chi connectivity index (χ2n) is 4.51. The number of nitro benzene ring substituents is 1. The lowest BCUT2D eigenvalue weighted by atomic mass is 10.2. The van der Waals surface area contributed by atoms with E-state index in [9.17, 15) is 18.5 Å². The maximum atomic E-state index is 12.5. The van der Waals surface area contributed by atoms with Gasteiger partial charge >= 0.3 is 0 Å². The van der Waals surface area contributed by atoms with E-state index in [-0.39, 0.29) is 17.1 Å². The maximum Gasteiger partial charge on any atom is 0.270 e. The van der Waals surface area contributed by atoms with Gasteiger partial charge < -0.3 is 0 Å². The summed E-state index contributed by atoms with van der Waals surface area (Å²) in [5, 5.41) is 19.5. The van der Waals surface area contributed by atoms with E-state index >= 15 is 0 Å². The normalized spacial score (nSPS) is 11.6. The van der Waals surface area contributed by atoms with Crippen LogP contribution in [-0.2, 0) is 10.0 Å². The molecule has 20 heavy (non-hydrogen) atoms. The first-order chi connectivity index (χ1) is 9.21. The first-order valence-electron chi connectivity index (χ1n) is 5.85. The lowest BCUT2D eigenvalue weighted by Crippen LogP contribution is -2.37. The van der Waals surface area contributed by atoms with Crippen LogP contribution in [0.15, 0.2) is 23.1 Å². The molecule has 0 aliphatic carbocycles. The van der Waals surface area contributed by atoms with E-state index in [1.165, 1.54) is 12.1 Å². The number of nitro groups is 1. The molecule has 1 aromatic rings. The fourth-order valence-corrected chi connectivity index (χ4v) is 3.50. The van der Waals surface area contributed by atoms with Crippen molar-refractivity contribution >= 4 is 15.7 Å². The van der Waals surface area contributed by atoms with Crippen molar-refractivity contribution in [1.29, 1.82) is 5.26 Å². The van der Waals surface area contributed by atoms with E-state index in [2.05, 4.69) is 0 Å². The van der Waals surface area contributed by atoms with E-state index in [4.69, 9.17) is 5.26 Å².